The number of likely N-dealkylation sites (tertiary alicyclic amines) is 1. The van der Waals surface area contributed by atoms with E-state index in [1.807, 2.05) is 10.6 Å². The SMILES string of the molecule is O=C1NCCN1C(=O)N1CC2CC(C1)c1cccc(=O)n1C2. The summed E-state index contributed by atoms with van der Waals surface area (Å²) in [6, 6.07) is 4.82. The molecular weight excluding hydrogens is 284 g/mol. The number of piperidine rings is 1. The average molecular weight is 302 g/mol. The molecule has 0 saturated carbocycles. The number of fused-ring (bicyclic) bond motifs is 4. The Hall–Kier alpha value is -2.31. The fourth-order valence-corrected chi connectivity index (χ4v) is 3.88. The number of carbonyl (C=O) groups excluding carboxylic acids is 2. The van der Waals surface area contributed by atoms with Crippen LogP contribution in [0.2, 0.25) is 0 Å². The summed E-state index contributed by atoms with van der Waals surface area (Å²) in [5.74, 6) is 0.456. The summed E-state index contributed by atoms with van der Waals surface area (Å²) in [5.41, 5.74) is 1.04. The van der Waals surface area contributed by atoms with Gasteiger partial charge in [0, 0.05) is 50.4 Å². The number of hydrogen-bond acceptors (Lipinski definition) is 3. The molecule has 0 aliphatic carbocycles. The van der Waals surface area contributed by atoms with Crippen LogP contribution in [-0.4, -0.2) is 52.6 Å². The van der Waals surface area contributed by atoms with E-state index in [9.17, 15) is 14.4 Å². The van der Waals surface area contributed by atoms with Gasteiger partial charge < -0.3 is 14.8 Å². The van der Waals surface area contributed by atoms with Gasteiger partial charge >= 0.3 is 12.1 Å². The predicted octanol–water partition coefficient (Wildman–Crippen LogP) is 0.413. The van der Waals surface area contributed by atoms with Crippen molar-refractivity contribution in [3.8, 4) is 0 Å². The first kappa shape index (κ1) is 13.4. The first-order valence-corrected chi connectivity index (χ1v) is 7.67. The van der Waals surface area contributed by atoms with Crippen LogP contribution in [0.25, 0.3) is 0 Å². The van der Waals surface area contributed by atoms with Crippen molar-refractivity contribution in [1.82, 2.24) is 19.7 Å². The minimum atomic E-state index is -0.308. The highest BCUT2D eigenvalue weighted by atomic mass is 16.2. The van der Waals surface area contributed by atoms with Gasteiger partial charge in [-0.1, -0.05) is 6.07 Å². The van der Waals surface area contributed by atoms with E-state index in [-0.39, 0.29) is 29.5 Å². The molecule has 2 unspecified atom stereocenters. The van der Waals surface area contributed by atoms with Gasteiger partial charge in [-0.25, -0.2) is 14.5 Å². The number of amides is 4. The summed E-state index contributed by atoms with van der Waals surface area (Å²) in [6.45, 7) is 2.78. The van der Waals surface area contributed by atoms with E-state index in [0.717, 1.165) is 12.1 Å². The van der Waals surface area contributed by atoms with Crippen molar-refractivity contribution < 1.29 is 9.59 Å². The summed E-state index contributed by atoms with van der Waals surface area (Å²) in [7, 11) is 0. The highest BCUT2D eigenvalue weighted by Crippen LogP contribution is 2.35. The number of urea groups is 2. The normalized spacial score (nSPS) is 26.6. The molecule has 7 nitrogen and oxygen atoms in total. The van der Waals surface area contributed by atoms with Crippen LogP contribution in [0.5, 0.6) is 0 Å². The molecule has 0 spiro atoms. The molecule has 1 aromatic heterocycles. The van der Waals surface area contributed by atoms with Gasteiger partial charge in [0.25, 0.3) is 5.56 Å². The van der Waals surface area contributed by atoms with Crippen LogP contribution in [0, 0.1) is 5.92 Å². The minimum absolute atomic E-state index is 0.0332. The molecule has 2 atom stereocenters. The summed E-state index contributed by atoms with van der Waals surface area (Å²) in [5, 5.41) is 2.66. The van der Waals surface area contributed by atoms with Gasteiger partial charge in [0.1, 0.15) is 0 Å². The molecule has 116 valence electrons. The van der Waals surface area contributed by atoms with Crippen LogP contribution in [0.15, 0.2) is 23.0 Å². The second-order valence-electron chi connectivity index (χ2n) is 6.27. The van der Waals surface area contributed by atoms with Gasteiger partial charge in [-0.2, -0.15) is 0 Å². The van der Waals surface area contributed by atoms with Gasteiger partial charge in [0.2, 0.25) is 0 Å². The number of aromatic nitrogens is 1. The number of pyridine rings is 1. The van der Waals surface area contributed by atoms with Crippen molar-refractivity contribution in [3.05, 3.63) is 34.2 Å². The molecule has 0 radical (unpaired) electrons. The third kappa shape index (κ3) is 2.00. The molecule has 2 fully saturated rings. The van der Waals surface area contributed by atoms with Crippen LogP contribution < -0.4 is 10.9 Å². The third-order valence-electron chi connectivity index (χ3n) is 4.84. The number of rotatable bonds is 0. The molecule has 22 heavy (non-hydrogen) atoms. The van der Waals surface area contributed by atoms with Gasteiger partial charge in [-0.05, 0) is 18.4 Å². The van der Waals surface area contributed by atoms with Crippen LogP contribution in [0.3, 0.4) is 0 Å². The monoisotopic (exact) mass is 302 g/mol. The molecule has 3 aliphatic rings. The lowest BCUT2D eigenvalue weighted by molar-refractivity contribution is 0.113. The Labute approximate surface area is 127 Å². The van der Waals surface area contributed by atoms with Crippen LogP contribution in [-0.2, 0) is 6.54 Å². The molecular formula is C15H18N4O3. The Morgan fingerprint density at radius 3 is 2.82 bits per heavy atom. The third-order valence-corrected chi connectivity index (χ3v) is 4.84. The van der Waals surface area contributed by atoms with Gasteiger partial charge in [-0.15, -0.1) is 0 Å². The zero-order valence-electron chi connectivity index (χ0n) is 12.2. The smallest absolute Gasteiger partial charge is 0.328 e. The maximum atomic E-state index is 12.5. The Bertz CT molecular complexity index is 698. The molecule has 4 heterocycles. The van der Waals surface area contributed by atoms with Crippen LogP contribution in [0.4, 0.5) is 9.59 Å². The lowest BCUT2D eigenvalue weighted by Crippen LogP contribution is -2.53. The van der Waals surface area contributed by atoms with Gasteiger partial charge in [0.15, 0.2) is 0 Å². The zero-order valence-corrected chi connectivity index (χ0v) is 12.2. The Kier molecular flexibility index (Phi) is 2.95. The fourth-order valence-electron chi connectivity index (χ4n) is 3.88. The standard InChI is InChI=1S/C15H18N4O3/c20-13-3-1-2-12-11-6-10(8-19(12)13)7-17(9-11)15(22)18-5-4-16-14(18)21/h1-3,10-11H,4-9H2,(H,16,21). The Morgan fingerprint density at radius 2 is 2.05 bits per heavy atom. The number of nitrogens with one attached hydrogen (secondary N) is 1. The lowest BCUT2D eigenvalue weighted by Gasteiger charge is -2.43. The van der Waals surface area contributed by atoms with E-state index in [4.69, 9.17) is 0 Å². The molecule has 7 heteroatoms. The van der Waals surface area contributed by atoms with Crippen LogP contribution >= 0.6 is 0 Å². The second kappa shape index (κ2) is 4.86. The predicted molar refractivity (Wildman–Crippen MR) is 78.6 cm³/mol. The number of hydrogen-bond donors (Lipinski definition) is 1. The first-order valence-electron chi connectivity index (χ1n) is 7.67. The molecule has 0 aromatic carbocycles. The largest absolute Gasteiger partial charge is 0.336 e. The second-order valence-corrected chi connectivity index (χ2v) is 6.27. The topological polar surface area (TPSA) is 74.7 Å². The first-order chi connectivity index (χ1) is 10.6. The van der Waals surface area contributed by atoms with Crippen molar-refractivity contribution in [3.63, 3.8) is 0 Å². The average Bonchev–Trinajstić information content (AvgIpc) is 2.93. The maximum absolute atomic E-state index is 12.5. The summed E-state index contributed by atoms with van der Waals surface area (Å²) >= 11 is 0. The quantitative estimate of drug-likeness (QED) is 0.754. The molecule has 4 amide bonds. The summed E-state index contributed by atoms with van der Waals surface area (Å²) in [6.07, 6.45) is 0.999. The zero-order chi connectivity index (χ0) is 15.3. The van der Waals surface area contributed by atoms with Crippen molar-refractivity contribution in [1.29, 1.82) is 0 Å². The number of imide groups is 1. The van der Waals surface area contributed by atoms with E-state index >= 15 is 0 Å². The Morgan fingerprint density at radius 1 is 1.18 bits per heavy atom. The van der Waals surface area contributed by atoms with E-state index in [1.54, 1.807) is 17.0 Å². The van der Waals surface area contributed by atoms with E-state index in [2.05, 4.69) is 5.32 Å². The van der Waals surface area contributed by atoms with Crippen molar-refractivity contribution in [2.75, 3.05) is 26.2 Å². The minimum Gasteiger partial charge on any atom is -0.336 e. The fraction of sp³-hybridized carbons (Fsp3) is 0.533. The van der Waals surface area contributed by atoms with E-state index < -0.39 is 0 Å². The molecule has 4 rings (SSSR count). The molecule has 1 N–H and O–H groups in total. The molecule has 2 saturated heterocycles. The highest BCUT2D eigenvalue weighted by Gasteiger charge is 2.39. The van der Waals surface area contributed by atoms with E-state index in [1.165, 1.54) is 4.90 Å². The summed E-state index contributed by atoms with van der Waals surface area (Å²) < 4.78 is 1.84. The molecule has 2 bridgehead atoms. The van der Waals surface area contributed by atoms with Gasteiger partial charge in [-0.3, -0.25) is 4.79 Å². The lowest BCUT2D eigenvalue weighted by atomic mass is 9.83. The number of carbonyl (C=O) groups is 2. The molecule has 3 aliphatic heterocycles. The van der Waals surface area contributed by atoms with Crippen molar-refractivity contribution in [2.24, 2.45) is 5.92 Å². The van der Waals surface area contributed by atoms with Crippen molar-refractivity contribution in [2.45, 2.75) is 18.9 Å². The number of nitrogens with zero attached hydrogens (tertiary/aromatic N) is 3. The maximum Gasteiger partial charge on any atom is 0.328 e. The molecule has 1 aromatic rings. The van der Waals surface area contributed by atoms with Gasteiger partial charge in [0.05, 0.1) is 0 Å². The van der Waals surface area contributed by atoms with E-state index in [0.29, 0.717) is 32.7 Å². The Balaban J connectivity index is 1.60. The summed E-state index contributed by atoms with van der Waals surface area (Å²) in [4.78, 5) is 39.2. The van der Waals surface area contributed by atoms with Crippen LogP contribution in [0.1, 0.15) is 18.0 Å². The highest BCUT2D eigenvalue weighted by molar-refractivity contribution is 5.95. The van der Waals surface area contributed by atoms with Crippen molar-refractivity contribution >= 4 is 12.1 Å².